The van der Waals surface area contributed by atoms with Crippen LogP contribution >= 0.6 is 11.6 Å². The molecular formula is C25H25ClN6O. The van der Waals surface area contributed by atoms with E-state index in [-0.39, 0.29) is 5.91 Å². The molecule has 0 unspecified atom stereocenters. The van der Waals surface area contributed by atoms with Gasteiger partial charge in [0.1, 0.15) is 10.8 Å². The summed E-state index contributed by atoms with van der Waals surface area (Å²) in [6, 6.07) is 19.3. The molecule has 4 aromatic rings. The van der Waals surface area contributed by atoms with Crippen LogP contribution in [0.3, 0.4) is 0 Å². The van der Waals surface area contributed by atoms with Gasteiger partial charge in [-0.15, -0.1) is 0 Å². The molecule has 0 spiro atoms. The summed E-state index contributed by atoms with van der Waals surface area (Å²) in [6.07, 6.45) is 5.29. The minimum Gasteiger partial charge on any atom is -0.267 e. The lowest BCUT2D eigenvalue weighted by Crippen LogP contribution is -2.18. The van der Waals surface area contributed by atoms with Crippen molar-refractivity contribution in [2.24, 2.45) is 5.10 Å². The van der Waals surface area contributed by atoms with Crippen LogP contribution in [0.4, 0.5) is 0 Å². The van der Waals surface area contributed by atoms with Gasteiger partial charge in [0, 0.05) is 18.3 Å². The monoisotopic (exact) mass is 460 g/mol. The molecule has 0 radical (unpaired) electrons. The Morgan fingerprint density at radius 3 is 2.48 bits per heavy atom. The van der Waals surface area contributed by atoms with E-state index in [2.05, 4.69) is 27.6 Å². The number of hydrogen-bond acceptors (Lipinski definition) is 4. The van der Waals surface area contributed by atoms with Crippen LogP contribution in [-0.4, -0.2) is 31.7 Å². The first-order valence-electron chi connectivity index (χ1n) is 10.8. The molecule has 1 N–H and O–H groups in total. The van der Waals surface area contributed by atoms with Crippen molar-refractivity contribution in [2.75, 3.05) is 0 Å². The van der Waals surface area contributed by atoms with Crippen LogP contribution in [0.2, 0.25) is 5.15 Å². The van der Waals surface area contributed by atoms with E-state index in [1.807, 2.05) is 67.6 Å². The molecule has 0 saturated carbocycles. The SMILES string of the molecule is CCCCn1nc(C)c(/C=N/NC(=O)c2cn(-c3ccccc3)nc2-c2ccccc2)c1Cl. The lowest BCUT2D eigenvalue weighted by Gasteiger charge is -2.02. The molecule has 7 nitrogen and oxygen atoms in total. The Labute approximate surface area is 197 Å². The Bertz CT molecular complexity index is 1260. The number of para-hydroxylation sites is 1. The minimum atomic E-state index is -0.362. The third-order valence-corrected chi connectivity index (χ3v) is 5.62. The van der Waals surface area contributed by atoms with E-state index in [9.17, 15) is 4.79 Å². The van der Waals surface area contributed by atoms with E-state index in [0.29, 0.717) is 22.0 Å². The number of nitrogens with zero attached hydrogens (tertiary/aromatic N) is 5. The number of aryl methyl sites for hydroxylation is 2. The second-order valence-corrected chi connectivity index (χ2v) is 7.96. The smallest absolute Gasteiger partial charge is 0.267 e. The maximum atomic E-state index is 13.1. The number of benzene rings is 2. The Morgan fingerprint density at radius 2 is 1.79 bits per heavy atom. The van der Waals surface area contributed by atoms with Gasteiger partial charge in [-0.3, -0.25) is 9.48 Å². The van der Waals surface area contributed by atoms with Gasteiger partial charge in [-0.1, -0.05) is 73.5 Å². The molecule has 1 amide bonds. The summed E-state index contributed by atoms with van der Waals surface area (Å²) in [6.45, 7) is 4.73. The van der Waals surface area contributed by atoms with E-state index in [1.165, 1.54) is 6.21 Å². The molecule has 2 aromatic carbocycles. The average molecular weight is 461 g/mol. The molecule has 33 heavy (non-hydrogen) atoms. The largest absolute Gasteiger partial charge is 0.275 e. The van der Waals surface area contributed by atoms with Gasteiger partial charge in [-0.2, -0.15) is 15.3 Å². The summed E-state index contributed by atoms with van der Waals surface area (Å²) in [7, 11) is 0. The maximum absolute atomic E-state index is 13.1. The lowest BCUT2D eigenvalue weighted by molar-refractivity contribution is 0.0955. The van der Waals surface area contributed by atoms with Crippen molar-refractivity contribution in [2.45, 2.75) is 33.2 Å². The van der Waals surface area contributed by atoms with E-state index in [4.69, 9.17) is 11.6 Å². The van der Waals surface area contributed by atoms with Crippen LogP contribution in [0, 0.1) is 6.92 Å². The molecule has 0 aliphatic carbocycles. The maximum Gasteiger partial charge on any atom is 0.275 e. The second kappa shape index (κ2) is 10.3. The molecule has 0 atom stereocenters. The first-order chi connectivity index (χ1) is 16.1. The predicted molar refractivity (Wildman–Crippen MR) is 131 cm³/mol. The highest BCUT2D eigenvalue weighted by atomic mass is 35.5. The highest BCUT2D eigenvalue weighted by Gasteiger charge is 2.18. The van der Waals surface area contributed by atoms with Gasteiger partial charge in [0.25, 0.3) is 5.91 Å². The topological polar surface area (TPSA) is 77.1 Å². The van der Waals surface area contributed by atoms with E-state index < -0.39 is 0 Å². The Balaban J connectivity index is 1.59. The van der Waals surface area contributed by atoms with Crippen LogP contribution in [0.1, 0.15) is 41.4 Å². The standard InChI is InChI=1S/C25H25ClN6O/c1-3-4-15-31-24(26)21(18(2)29-31)16-27-28-25(33)22-17-32(20-13-9-6-10-14-20)30-23(22)19-11-7-5-8-12-19/h5-14,16-17H,3-4,15H2,1-2H3,(H,28,33)/b27-16+. The zero-order chi connectivity index (χ0) is 23.2. The third-order valence-electron chi connectivity index (χ3n) is 5.22. The van der Waals surface area contributed by atoms with Gasteiger partial charge in [0.2, 0.25) is 0 Å². The molecule has 0 saturated heterocycles. The van der Waals surface area contributed by atoms with Crippen LogP contribution in [-0.2, 0) is 6.54 Å². The lowest BCUT2D eigenvalue weighted by atomic mass is 10.1. The Hall–Kier alpha value is -3.71. The number of unbranched alkanes of at least 4 members (excludes halogenated alkanes) is 1. The Kier molecular flexibility index (Phi) is 7.00. The van der Waals surface area contributed by atoms with Crippen molar-refractivity contribution in [3.63, 3.8) is 0 Å². The zero-order valence-corrected chi connectivity index (χ0v) is 19.3. The van der Waals surface area contributed by atoms with Gasteiger partial charge < -0.3 is 0 Å². The molecule has 168 valence electrons. The normalized spacial score (nSPS) is 11.2. The van der Waals surface area contributed by atoms with Gasteiger partial charge in [-0.25, -0.2) is 10.1 Å². The van der Waals surface area contributed by atoms with Crippen molar-refractivity contribution in [1.82, 2.24) is 25.0 Å². The molecule has 0 aliphatic heterocycles. The molecule has 4 rings (SSSR count). The fraction of sp³-hybridized carbons (Fsp3) is 0.200. The van der Waals surface area contributed by atoms with Crippen LogP contribution in [0.5, 0.6) is 0 Å². The number of rotatable bonds is 8. The number of aromatic nitrogens is 4. The van der Waals surface area contributed by atoms with Crippen molar-refractivity contribution in [3.8, 4) is 16.9 Å². The van der Waals surface area contributed by atoms with E-state index >= 15 is 0 Å². The van der Waals surface area contributed by atoms with E-state index in [0.717, 1.165) is 36.3 Å². The second-order valence-electron chi connectivity index (χ2n) is 7.60. The zero-order valence-electron chi connectivity index (χ0n) is 18.6. The highest BCUT2D eigenvalue weighted by molar-refractivity contribution is 6.32. The number of hydrogen-bond donors (Lipinski definition) is 1. The van der Waals surface area contributed by atoms with Gasteiger partial charge in [0.15, 0.2) is 0 Å². The number of nitrogens with one attached hydrogen (secondary N) is 1. The van der Waals surface area contributed by atoms with Crippen LogP contribution < -0.4 is 5.43 Å². The molecule has 0 aliphatic rings. The fourth-order valence-electron chi connectivity index (χ4n) is 3.45. The first-order valence-corrected chi connectivity index (χ1v) is 11.2. The minimum absolute atomic E-state index is 0.362. The van der Waals surface area contributed by atoms with Gasteiger partial charge in [-0.05, 0) is 25.5 Å². The van der Waals surface area contributed by atoms with E-state index in [1.54, 1.807) is 15.6 Å². The molecule has 0 bridgehead atoms. The molecule has 2 heterocycles. The molecule has 0 fully saturated rings. The quantitative estimate of drug-likeness (QED) is 0.287. The third kappa shape index (κ3) is 5.04. The van der Waals surface area contributed by atoms with Gasteiger partial charge in [0.05, 0.1) is 28.7 Å². The number of carbonyl (C=O) groups is 1. The van der Waals surface area contributed by atoms with Crippen molar-refractivity contribution < 1.29 is 4.79 Å². The summed E-state index contributed by atoms with van der Waals surface area (Å²) in [5.74, 6) is -0.362. The van der Waals surface area contributed by atoms with Crippen molar-refractivity contribution in [3.05, 3.63) is 88.8 Å². The van der Waals surface area contributed by atoms with Crippen molar-refractivity contribution in [1.29, 1.82) is 0 Å². The average Bonchev–Trinajstić information content (AvgIpc) is 3.41. The number of amides is 1. The summed E-state index contributed by atoms with van der Waals surface area (Å²) in [5.41, 5.74) is 6.76. The van der Waals surface area contributed by atoms with Gasteiger partial charge >= 0.3 is 0 Å². The molecule has 8 heteroatoms. The first kappa shape index (κ1) is 22.5. The summed E-state index contributed by atoms with van der Waals surface area (Å²) in [4.78, 5) is 13.1. The number of hydrazone groups is 1. The Morgan fingerprint density at radius 1 is 1.09 bits per heavy atom. The summed E-state index contributed by atoms with van der Waals surface area (Å²) < 4.78 is 3.46. The van der Waals surface area contributed by atoms with Crippen molar-refractivity contribution >= 4 is 23.7 Å². The summed E-state index contributed by atoms with van der Waals surface area (Å²) in [5, 5.41) is 13.8. The fourth-order valence-corrected chi connectivity index (χ4v) is 3.76. The number of halogens is 1. The highest BCUT2D eigenvalue weighted by Crippen LogP contribution is 2.24. The number of carbonyl (C=O) groups excluding carboxylic acids is 1. The van der Waals surface area contributed by atoms with Crippen LogP contribution in [0.25, 0.3) is 16.9 Å². The van der Waals surface area contributed by atoms with Crippen LogP contribution in [0.15, 0.2) is 72.0 Å². The summed E-state index contributed by atoms with van der Waals surface area (Å²) >= 11 is 6.46. The predicted octanol–water partition coefficient (Wildman–Crippen LogP) is 5.26. The molecular weight excluding hydrogens is 436 g/mol. The molecule has 2 aromatic heterocycles.